The molecule has 1 unspecified atom stereocenters. The largest absolute Gasteiger partial charge is 0.355 e. The molecule has 1 atom stereocenters. The summed E-state index contributed by atoms with van der Waals surface area (Å²) in [5, 5.41) is 6.28. The fourth-order valence-corrected chi connectivity index (χ4v) is 2.74. The molecule has 1 rings (SSSR count). The van der Waals surface area contributed by atoms with Crippen LogP contribution in [-0.4, -0.2) is 49.6 Å². The summed E-state index contributed by atoms with van der Waals surface area (Å²) in [6.07, 6.45) is 4.75. The van der Waals surface area contributed by atoms with Gasteiger partial charge in [-0.3, -0.25) is 4.79 Å². The van der Waals surface area contributed by atoms with Crippen LogP contribution in [-0.2, 0) is 4.79 Å². The second kappa shape index (κ2) is 9.32. The highest BCUT2D eigenvalue weighted by atomic mass is 16.1. The van der Waals surface area contributed by atoms with Gasteiger partial charge in [0.05, 0.1) is 6.54 Å². The van der Waals surface area contributed by atoms with Gasteiger partial charge in [0.25, 0.3) is 0 Å². The van der Waals surface area contributed by atoms with Crippen LogP contribution in [0.4, 0.5) is 0 Å². The number of carbonyl (C=O) groups is 1. The summed E-state index contributed by atoms with van der Waals surface area (Å²) < 4.78 is 0. The van der Waals surface area contributed by atoms with E-state index in [1.54, 1.807) is 0 Å². The van der Waals surface area contributed by atoms with Gasteiger partial charge in [-0.15, -0.1) is 0 Å². The molecule has 0 aromatic heterocycles. The highest BCUT2D eigenvalue weighted by Gasteiger charge is 2.23. The van der Waals surface area contributed by atoms with Crippen LogP contribution in [0.3, 0.4) is 0 Å². The topological polar surface area (TPSA) is 44.4 Å². The number of hydrogen-bond donors (Lipinski definition) is 2. The number of nitrogens with one attached hydrogen (secondary N) is 2. The predicted molar refractivity (Wildman–Crippen MR) is 80.2 cm³/mol. The van der Waals surface area contributed by atoms with Crippen LogP contribution >= 0.6 is 0 Å². The van der Waals surface area contributed by atoms with Crippen molar-refractivity contribution in [2.75, 3.05) is 32.7 Å². The normalized spacial score (nSPS) is 19.3. The number of carbonyl (C=O) groups excluding carboxylic acids is 1. The third-order valence-electron chi connectivity index (χ3n) is 4.04. The molecule has 0 aromatic carbocycles. The molecule has 0 spiro atoms. The van der Waals surface area contributed by atoms with Crippen LogP contribution in [0.1, 0.15) is 46.5 Å². The monoisotopic (exact) mass is 269 g/mol. The molecule has 1 amide bonds. The van der Waals surface area contributed by atoms with E-state index in [1.165, 1.54) is 38.9 Å². The van der Waals surface area contributed by atoms with E-state index in [9.17, 15) is 4.79 Å². The Balaban J connectivity index is 2.16. The van der Waals surface area contributed by atoms with Crippen molar-refractivity contribution in [3.8, 4) is 0 Å². The lowest BCUT2D eigenvalue weighted by molar-refractivity contribution is -0.120. The van der Waals surface area contributed by atoms with Gasteiger partial charge in [-0.25, -0.2) is 0 Å². The number of amides is 1. The molecule has 1 heterocycles. The van der Waals surface area contributed by atoms with Gasteiger partial charge < -0.3 is 15.5 Å². The Morgan fingerprint density at radius 1 is 1.26 bits per heavy atom. The van der Waals surface area contributed by atoms with Crippen molar-refractivity contribution in [3.63, 3.8) is 0 Å². The number of rotatable bonds is 8. The van der Waals surface area contributed by atoms with Crippen molar-refractivity contribution in [2.45, 2.75) is 52.5 Å². The second-order valence-corrected chi connectivity index (χ2v) is 5.70. The van der Waals surface area contributed by atoms with Crippen molar-refractivity contribution < 1.29 is 4.79 Å². The minimum Gasteiger partial charge on any atom is -0.355 e. The quantitative estimate of drug-likeness (QED) is 0.704. The van der Waals surface area contributed by atoms with E-state index >= 15 is 0 Å². The summed E-state index contributed by atoms with van der Waals surface area (Å²) in [5.74, 6) is 0.837. The van der Waals surface area contributed by atoms with E-state index in [0.717, 1.165) is 13.0 Å². The Morgan fingerprint density at radius 3 is 2.53 bits per heavy atom. The molecule has 19 heavy (non-hydrogen) atoms. The SMILES string of the molecule is CCCNC(=O)CNC(C)C1CCN(CCC)CC1. The molecule has 0 aromatic rings. The number of hydrogen-bond acceptors (Lipinski definition) is 3. The maximum Gasteiger partial charge on any atom is 0.233 e. The van der Waals surface area contributed by atoms with Crippen molar-refractivity contribution in [2.24, 2.45) is 5.92 Å². The lowest BCUT2D eigenvalue weighted by Crippen LogP contribution is -2.45. The summed E-state index contributed by atoms with van der Waals surface area (Å²) in [7, 11) is 0. The molecule has 1 fully saturated rings. The Hall–Kier alpha value is -0.610. The van der Waals surface area contributed by atoms with Crippen molar-refractivity contribution in [1.29, 1.82) is 0 Å². The summed E-state index contributed by atoms with van der Waals surface area (Å²) >= 11 is 0. The Kier molecular flexibility index (Phi) is 8.07. The van der Waals surface area contributed by atoms with Gasteiger partial charge in [0.1, 0.15) is 0 Å². The van der Waals surface area contributed by atoms with Gasteiger partial charge >= 0.3 is 0 Å². The summed E-state index contributed by atoms with van der Waals surface area (Å²) in [6.45, 7) is 11.4. The summed E-state index contributed by atoms with van der Waals surface area (Å²) in [6, 6.07) is 0.441. The lowest BCUT2D eigenvalue weighted by Gasteiger charge is -2.35. The van der Waals surface area contributed by atoms with Crippen LogP contribution in [0.2, 0.25) is 0 Å². The first-order chi connectivity index (χ1) is 9.17. The maximum absolute atomic E-state index is 11.5. The third kappa shape index (κ3) is 6.39. The molecule has 4 nitrogen and oxygen atoms in total. The fourth-order valence-electron chi connectivity index (χ4n) is 2.74. The van der Waals surface area contributed by atoms with Gasteiger partial charge in [0, 0.05) is 12.6 Å². The molecule has 0 aliphatic carbocycles. The van der Waals surface area contributed by atoms with Crippen LogP contribution in [0, 0.1) is 5.92 Å². The molecule has 4 heteroatoms. The first-order valence-electron chi connectivity index (χ1n) is 7.89. The van der Waals surface area contributed by atoms with Crippen LogP contribution in [0.15, 0.2) is 0 Å². The lowest BCUT2D eigenvalue weighted by atomic mass is 9.90. The van der Waals surface area contributed by atoms with E-state index in [1.807, 2.05) is 0 Å². The molecular formula is C15H31N3O. The number of likely N-dealkylation sites (tertiary alicyclic amines) is 1. The molecule has 0 bridgehead atoms. The van der Waals surface area contributed by atoms with Crippen molar-refractivity contribution in [1.82, 2.24) is 15.5 Å². The predicted octanol–water partition coefficient (Wildman–Crippen LogP) is 1.61. The number of nitrogens with zero attached hydrogens (tertiary/aromatic N) is 1. The molecular weight excluding hydrogens is 238 g/mol. The molecule has 0 saturated carbocycles. The molecule has 0 radical (unpaired) electrons. The van der Waals surface area contributed by atoms with E-state index < -0.39 is 0 Å². The fraction of sp³-hybridized carbons (Fsp3) is 0.933. The Labute approximate surface area is 118 Å². The van der Waals surface area contributed by atoms with Crippen LogP contribution < -0.4 is 10.6 Å². The smallest absolute Gasteiger partial charge is 0.233 e. The van der Waals surface area contributed by atoms with Gasteiger partial charge in [-0.1, -0.05) is 13.8 Å². The maximum atomic E-state index is 11.5. The van der Waals surface area contributed by atoms with Crippen molar-refractivity contribution in [3.05, 3.63) is 0 Å². The highest BCUT2D eigenvalue weighted by molar-refractivity contribution is 5.77. The van der Waals surface area contributed by atoms with E-state index in [2.05, 4.69) is 36.3 Å². The van der Waals surface area contributed by atoms with Gasteiger partial charge in [0.15, 0.2) is 0 Å². The van der Waals surface area contributed by atoms with E-state index in [-0.39, 0.29) is 5.91 Å². The second-order valence-electron chi connectivity index (χ2n) is 5.70. The molecule has 1 aliphatic rings. The third-order valence-corrected chi connectivity index (χ3v) is 4.04. The first kappa shape index (κ1) is 16.4. The van der Waals surface area contributed by atoms with Crippen LogP contribution in [0.25, 0.3) is 0 Å². The molecule has 1 saturated heterocycles. The molecule has 112 valence electrons. The minimum atomic E-state index is 0.122. The summed E-state index contributed by atoms with van der Waals surface area (Å²) in [4.78, 5) is 14.1. The Bertz CT molecular complexity index is 250. The van der Waals surface area contributed by atoms with Gasteiger partial charge in [-0.05, 0) is 58.2 Å². The standard InChI is InChI=1S/C15H31N3O/c1-4-8-16-15(19)12-17-13(3)14-6-10-18(9-5-2)11-7-14/h13-14,17H,4-12H2,1-3H3,(H,16,19). The minimum absolute atomic E-state index is 0.122. The average Bonchev–Trinajstić information content (AvgIpc) is 2.43. The zero-order valence-electron chi connectivity index (χ0n) is 12.9. The highest BCUT2D eigenvalue weighted by Crippen LogP contribution is 2.20. The van der Waals surface area contributed by atoms with Gasteiger partial charge in [0.2, 0.25) is 5.91 Å². The Morgan fingerprint density at radius 2 is 1.95 bits per heavy atom. The van der Waals surface area contributed by atoms with Crippen molar-refractivity contribution >= 4 is 5.91 Å². The van der Waals surface area contributed by atoms with Gasteiger partial charge in [-0.2, -0.15) is 0 Å². The van der Waals surface area contributed by atoms with Crippen LogP contribution in [0.5, 0.6) is 0 Å². The zero-order valence-corrected chi connectivity index (χ0v) is 12.9. The molecule has 1 aliphatic heterocycles. The average molecular weight is 269 g/mol. The zero-order chi connectivity index (χ0) is 14.1. The summed E-state index contributed by atoms with van der Waals surface area (Å²) in [5.41, 5.74) is 0. The van der Waals surface area contributed by atoms with E-state index in [0.29, 0.717) is 18.5 Å². The first-order valence-corrected chi connectivity index (χ1v) is 7.89. The number of piperidine rings is 1. The van der Waals surface area contributed by atoms with E-state index in [4.69, 9.17) is 0 Å². The molecule has 2 N–H and O–H groups in total.